The average molecular weight is 418 g/mol. The molecule has 2 aromatic carbocycles. The monoisotopic (exact) mass is 417 g/mol. The van der Waals surface area contributed by atoms with Gasteiger partial charge in [-0.25, -0.2) is 5.43 Å². The van der Waals surface area contributed by atoms with Gasteiger partial charge < -0.3 is 9.47 Å². The van der Waals surface area contributed by atoms with Crippen LogP contribution in [0.1, 0.15) is 47.7 Å². The van der Waals surface area contributed by atoms with Crippen LogP contribution in [0.15, 0.2) is 78.2 Å². The molecule has 3 rings (SSSR count). The summed E-state index contributed by atoms with van der Waals surface area (Å²) in [5.74, 6) is 1.74. The molecule has 1 unspecified atom stereocenters. The van der Waals surface area contributed by atoms with Crippen LogP contribution in [0.2, 0.25) is 0 Å². The number of aromatic nitrogens is 1. The lowest BCUT2D eigenvalue weighted by atomic mass is 9.99. The smallest absolute Gasteiger partial charge is 0.271 e. The molecule has 6 heteroatoms. The molecule has 0 aliphatic rings. The number of hydrazone groups is 1. The number of hydrogen-bond acceptors (Lipinski definition) is 5. The highest BCUT2D eigenvalue weighted by Gasteiger charge is 2.05. The molecule has 0 spiro atoms. The molecule has 0 saturated carbocycles. The van der Waals surface area contributed by atoms with Gasteiger partial charge in [-0.15, -0.1) is 0 Å². The van der Waals surface area contributed by atoms with E-state index in [1.54, 1.807) is 30.7 Å². The summed E-state index contributed by atoms with van der Waals surface area (Å²) in [4.78, 5) is 15.9. The zero-order valence-electron chi connectivity index (χ0n) is 17.8. The van der Waals surface area contributed by atoms with Crippen molar-refractivity contribution in [2.45, 2.75) is 26.2 Å². The lowest BCUT2D eigenvalue weighted by Gasteiger charge is -2.12. The van der Waals surface area contributed by atoms with Gasteiger partial charge in [-0.2, -0.15) is 5.10 Å². The SMILES string of the molecule is CCC(C)c1ccc(OCCOc2ccccc2/C=N/NC(=O)c2ccncc2)cc1. The summed E-state index contributed by atoms with van der Waals surface area (Å²) in [5, 5.41) is 4.03. The summed E-state index contributed by atoms with van der Waals surface area (Å²) < 4.78 is 11.6. The first-order valence-electron chi connectivity index (χ1n) is 10.4. The second-order valence-electron chi connectivity index (χ2n) is 7.05. The molecule has 0 saturated heterocycles. The van der Waals surface area contributed by atoms with Crippen molar-refractivity contribution < 1.29 is 14.3 Å². The van der Waals surface area contributed by atoms with Gasteiger partial charge in [-0.05, 0) is 54.3 Å². The van der Waals surface area contributed by atoms with E-state index in [1.807, 2.05) is 36.4 Å². The highest BCUT2D eigenvalue weighted by atomic mass is 16.5. The lowest BCUT2D eigenvalue weighted by molar-refractivity contribution is 0.0955. The summed E-state index contributed by atoms with van der Waals surface area (Å²) >= 11 is 0. The number of carbonyl (C=O) groups is 1. The summed E-state index contributed by atoms with van der Waals surface area (Å²) in [7, 11) is 0. The Bertz CT molecular complexity index is 988. The fraction of sp³-hybridized carbons (Fsp3) is 0.240. The first-order chi connectivity index (χ1) is 15.2. The normalized spacial score (nSPS) is 11.8. The Kier molecular flexibility index (Phi) is 8.17. The van der Waals surface area contributed by atoms with Crippen molar-refractivity contribution in [1.29, 1.82) is 0 Å². The Hall–Kier alpha value is -3.67. The molecular formula is C25H27N3O3. The van der Waals surface area contributed by atoms with Crippen LogP contribution < -0.4 is 14.9 Å². The Balaban J connectivity index is 1.48. The summed E-state index contributed by atoms with van der Waals surface area (Å²) in [5.41, 5.74) is 5.07. The van der Waals surface area contributed by atoms with E-state index >= 15 is 0 Å². The molecule has 160 valence electrons. The molecule has 0 bridgehead atoms. The van der Waals surface area contributed by atoms with Crippen molar-refractivity contribution in [1.82, 2.24) is 10.4 Å². The fourth-order valence-electron chi connectivity index (χ4n) is 2.89. The van der Waals surface area contributed by atoms with Gasteiger partial charge in [0.25, 0.3) is 5.91 Å². The average Bonchev–Trinajstić information content (AvgIpc) is 2.83. The quantitative estimate of drug-likeness (QED) is 0.292. The van der Waals surface area contributed by atoms with E-state index in [4.69, 9.17) is 9.47 Å². The van der Waals surface area contributed by atoms with Crippen LogP contribution in [0.25, 0.3) is 0 Å². The van der Waals surface area contributed by atoms with Gasteiger partial charge in [0.15, 0.2) is 0 Å². The third kappa shape index (κ3) is 6.67. The van der Waals surface area contributed by atoms with Crippen LogP contribution in [-0.2, 0) is 0 Å². The van der Waals surface area contributed by atoms with Crippen LogP contribution >= 0.6 is 0 Å². The highest BCUT2D eigenvalue weighted by Crippen LogP contribution is 2.21. The molecule has 6 nitrogen and oxygen atoms in total. The topological polar surface area (TPSA) is 72.8 Å². The Morgan fingerprint density at radius 3 is 2.48 bits per heavy atom. The summed E-state index contributed by atoms with van der Waals surface area (Å²) in [6, 6.07) is 18.9. The third-order valence-corrected chi connectivity index (χ3v) is 4.90. The lowest BCUT2D eigenvalue weighted by Crippen LogP contribution is -2.17. The number of carbonyl (C=O) groups excluding carboxylic acids is 1. The van der Waals surface area contributed by atoms with Gasteiger partial charge in [-0.1, -0.05) is 38.1 Å². The maximum Gasteiger partial charge on any atom is 0.271 e. The van der Waals surface area contributed by atoms with Crippen molar-refractivity contribution in [2.75, 3.05) is 13.2 Å². The molecule has 31 heavy (non-hydrogen) atoms. The second kappa shape index (κ2) is 11.5. The first-order valence-corrected chi connectivity index (χ1v) is 10.4. The Morgan fingerprint density at radius 2 is 1.74 bits per heavy atom. The number of pyridine rings is 1. The van der Waals surface area contributed by atoms with Crippen LogP contribution in [0.5, 0.6) is 11.5 Å². The number of rotatable bonds is 10. The van der Waals surface area contributed by atoms with Crippen molar-refractivity contribution in [3.05, 3.63) is 89.7 Å². The third-order valence-electron chi connectivity index (χ3n) is 4.90. The summed E-state index contributed by atoms with van der Waals surface area (Å²) in [6.45, 7) is 5.22. The van der Waals surface area contributed by atoms with Gasteiger partial charge in [0.2, 0.25) is 0 Å². The highest BCUT2D eigenvalue weighted by molar-refractivity contribution is 5.94. The van der Waals surface area contributed by atoms with E-state index in [2.05, 4.69) is 41.5 Å². The largest absolute Gasteiger partial charge is 0.490 e. The summed E-state index contributed by atoms with van der Waals surface area (Å²) in [6.07, 6.45) is 5.79. The number of para-hydroxylation sites is 1. The van der Waals surface area contributed by atoms with E-state index in [0.717, 1.165) is 17.7 Å². The number of amides is 1. The predicted octanol–water partition coefficient (Wildman–Crippen LogP) is 4.82. The Morgan fingerprint density at radius 1 is 1.03 bits per heavy atom. The number of ether oxygens (including phenoxy) is 2. The standard InChI is InChI=1S/C25H27N3O3/c1-3-19(2)20-8-10-23(11-9-20)30-16-17-31-24-7-5-4-6-22(24)18-27-28-25(29)21-12-14-26-15-13-21/h4-15,18-19H,3,16-17H2,1-2H3,(H,28,29)/b27-18+. The second-order valence-corrected chi connectivity index (χ2v) is 7.05. The first kappa shape index (κ1) is 22.0. The molecule has 1 heterocycles. The maximum atomic E-state index is 12.0. The van der Waals surface area contributed by atoms with E-state index in [9.17, 15) is 4.79 Å². The number of nitrogens with one attached hydrogen (secondary N) is 1. The molecule has 0 fully saturated rings. The molecular weight excluding hydrogens is 390 g/mol. The molecule has 1 N–H and O–H groups in total. The van der Waals surface area contributed by atoms with Crippen molar-refractivity contribution in [2.24, 2.45) is 5.10 Å². The van der Waals surface area contributed by atoms with Gasteiger partial charge in [0.05, 0.1) is 6.21 Å². The minimum Gasteiger partial charge on any atom is -0.490 e. The van der Waals surface area contributed by atoms with Crippen LogP contribution in [0.4, 0.5) is 0 Å². The van der Waals surface area contributed by atoms with Gasteiger partial charge >= 0.3 is 0 Å². The van der Waals surface area contributed by atoms with Crippen molar-refractivity contribution >= 4 is 12.1 Å². The van der Waals surface area contributed by atoms with Crippen molar-refractivity contribution in [3.63, 3.8) is 0 Å². The molecule has 1 atom stereocenters. The number of nitrogens with zero attached hydrogens (tertiary/aromatic N) is 2. The van der Waals surface area contributed by atoms with E-state index in [-0.39, 0.29) is 5.91 Å². The van der Waals surface area contributed by atoms with Crippen LogP contribution in [0, 0.1) is 0 Å². The Labute approximate surface area is 182 Å². The molecule has 0 radical (unpaired) electrons. The van der Waals surface area contributed by atoms with E-state index in [1.165, 1.54) is 5.56 Å². The zero-order valence-corrected chi connectivity index (χ0v) is 17.8. The van der Waals surface area contributed by atoms with Crippen LogP contribution in [0.3, 0.4) is 0 Å². The number of benzene rings is 2. The van der Waals surface area contributed by atoms with E-state index < -0.39 is 0 Å². The maximum absolute atomic E-state index is 12.0. The van der Waals surface area contributed by atoms with E-state index in [0.29, 0.717) is 30.4 Å². The van der Waals surface area contributed by atoms with Crippen LogP contribution in [-0.4, -0.2) is 30.3 Å². The van der Waals surface area contributed by atoms with Gasteiger partial charge in [-0.3, -0.25) is 9.78 Å². The van der Waals surface area contributed by atoms with Gasteiger partial charge in [0, 0.05) is 23.5 Å². The fourth-order valence-corrected chi connectivity index (χ4v) is 2.89. The minimum absolute atomic E-state index is 0.301. The molecule has 1 aromatic heterocycles. The molecule has 1 amide bonds. The molecule has 0 aliphatic heterocycles. The van der Waals surface area contributed by atoms with Gasteiger partial charge in [0.1, 0.15) is 24.7 Å². The molecule has 3 aromatic rings. The predicted molar refractivity (Wildman–Crippen MR) is 122 cm³/mol. The number of hydrogen-bond donors (Lipinski definition) is 1. The van der Waals surface area contributed by atoms with Crippen molar-refractivity contribution in [3.8, 4) is 11.5 Å². The molecule has 0 aliphatic carbocycles. The zero-order chi connectivity index (χ0) is 21.9. The minimum atomic E-state index is -0.301.